The van der Waals surface area contributed by atoms with Gasteiger partial charge in [-0.05, 0) is 0 Å². The maximum Gasteiger partial charge on any atom is 0.268 e. The zero-order valence-electron chi connectivity index (χ0n) is 4.06. The molecule has 6 N–H and O–H groups in total. The molecular weight excluding hydrogens is 110 g/mol. The van der Waals surface area contributed by atoms with Gasteiger partial charge in [0.25, 0.3) is 5.91 Å². The number of carbonyl (C=O) groups is 1. The molecule has 0 spiro atoms. The predicted molar refractivity (Wildman–Crippen MR) is 25.5 cm³/mol. The van der Waals surface area contributed by atoms with Gasteiger partial charge < -0.3 is 5.73 Å². The summed E-state index contributed by atoms with van der Waals surface area (Å²) in [4.78, 5) is 10.4. The van der Waals surface area contributed by atoms with Crippen LogP contribution in [0.2, 0.25) is 0 Å². The minimum Gasteiger partial charge on any atom is -0.307 e. The summed E-state index contributed by atoms with van der Waals surface area (Å²) in [5.74, 6) is -0.288. The molecule has 1 fully saturated rings. The third-order valence-corrected chi connectivity index (χ3v) is 0.758. The van der Waals surface area contributed by atoms with Crippen LogP contribution in [0.3, 0.4) is 0 Å². The molecule has 46 valence electrons. The highest BCUT2D eigenvalue weighted by molar-refractivity contribution is 5.80. The van der Waals surface area contributed by atoms with E-state index in [0.29, 0.717) is 0 Å². The van der Waals surface area contributed by atoms with E-state index < -0.39 is 6.17 Å². The third kappa shape index (κ3) is 0.928. The first-order valence-corrected chi connectivity index (χ1v) is 2.11. The van der Waals surface area contributed by atoms with Crippen LogP contribution in [0, 0.1) is 0 Å². The molecule has 1 amide bonds. The monoisotopic (exact) mass is 117 g/mol. The van der Waals surface area contributed by atoms with Crippen LogP contribution >= 0.6 is 0 Å². The Bertz CT molecular complexity index is 103. The fourth-order valence-electron chi connectivity index (χ4n) is 0.350. The standard InChI is InChI=1S/C2H7N5O/c3-1-2(8)5-7-6-4-1/h1,4,6-7H,3H2,(H,5,8). The summed E-state index contributed by atoms with van der Waals surface area (Å²) < 4.78 is 0. The minimum absolute atomic E-state index is 0.288. The SMILES string of the molecule is NC1NNNNC1=O. The minimum atomic E-state index is -0.670. The van der Waals surface area contributed by atoms with Crippen LogP contribution in [0.15, 0.2) is 0 Å². The average molecular weight is 117 g/mol. The molecule has 0 radical (unpaired) electrons. The smallest absolute Gasteiger partial charge is 0.268 e. The lowest BCUT2D eigenvalue weighted by Crippen LogP contribution is -2.69. The Morgan fingerprint density at radius 2 is 2.25 bits per heavy atom. The Balaban J connectivity index is 2.39. The largest absolute Gasteiger partial charge is 0.307 e. The zero-order valence-corrected chi connectivity index (χ0v) is 4.06. The molecule has 1 unspecified atom stereocenters. The van der Waals surface area contributed by atoms with E-state index in [4.69, 9.17) is 5.73 Å². The number of nitrogens with two attached hydrogens (primary N) is 1. The number of hydrazine groups is 3. The molecule has 0 aromatic heterocycles. The van der Waals surface area contributed by atoms with Crippen LogP contribution in [0.1, 0.15) is 0 Å². The van der Waals surface area contributed by atoms with Gasteiger partial charge in [0.1, 0.15) is 0 Å². The normalized spacial score (nSPS) is 29.6. The van der Waals surface area contributed by atoms with Gasteiger partial charge in [0.15, 0.2) is 6.17 Å². The van der Waals surface area contributed by atoms with E-state index in [-0.39, 0.29) is 5.91 Å². The van der Waals surface area contributed by atoms with E-state index in [1.165, 1.54) is 0 Å². The second-order valence-electron chi connectivity index (χ2n) is 1.36. The van der Waals surface area contributed by atoms with Crippen LogP contribution in [0.4, 0.5) is 0 Å². The van der Waals surface area contributed by atoms with Gasteiger partial charge in [0.2, 0.25) is 0 Å². The average Bonchev–Trinajstić information content (AvgIpc) is 1.77. The molecule has 6 nitrogen and oxygen atoms in total. The molecule has 0 aliphatic carbocycles. The Morgan fingerprint density at radius 1 is 1.50 bits per heavy atom. The van der Waals surface area contributed by atoms with E-state index in [1.54, 1.807) is 0 Å². The summed E-state index contributed by atoms with van der Waals surface area (Å²) in [7, 11) is 0. The topological polar surface area (TPSA) is 91.2 Å². The van der Waals surface area contributed by atoms with Crippen molar-refractivity contribution in [2.75, 3.05) is 0 Å². The number of carbonyl (C=O) groups excluding carboxylic acids is 1. The molecule has 1 aliphatic rings. The van der Waals surface area contributed by atoms with Crippen molar-refractivity contribution >= 4 is 5.91 Å². The van der Waals surface area contributed by atoms with Crippen LogP contribution in [0.25, 0.3) is 0 Å². The molecule has 0 aromatic rings. The molecule has 1 rings (SSSR count). The van der Waals surface area contributed by atoms with Crippen molar-refractivity contribution in [2.45, 2.75) is 6.17 Å². The molecule has 1 heterocycles. The first kappa shape index (κ1) is 5.45. The number of rotatable bonds is 0. The summed E-state index contributed by atoms with van der Waals surface area (Å²) in [5.41, 5.74) is 14.6. The van der Waals surface area contributed by atoms with Gasteiger partial charge in [0.05, 0.1) is 0 Å². The molecule has 1 aliphatic heterocycles. The molecular formula is C2H7N5O. The van der Waals surface area contributed by atoms with Crippen LogP contribution in [-0.4, -0.2) is 12.1 Å². The lowest BCUT2D eigenvalue weighted by atomic mass is 10.5. The quantitative estimate of drug-likeness (QED) is 0.232. The van der Waals surface area contributed by atoms with Gasteiger partial charge in [-0.15, -0.1) is 0 Å². The van der Waals surface area contributed by atoms with Crippen molar-refractivity contribution in [2.24, 2.45) is 5.73 Å². The van der Waals surface area contributed by atoms with Gasteiger partial charge in [-0.3, -0.25) is 10.2 Å². The maximum absolute atomic E-state index is 10.4. The van der Waals surface area contributed by atoms with Crippen molar-refractivity contribution in [3.63, 3.8) is 0 Å². The Morgan fingerprint density at radius 3 is 2.62 bits per heavy atom. The Labute approximate surface area is 45.7 Å². The van der Waals surface area contributed by atoms with E-state index in [1.807, 2.05) is 0 Å². The van der Waals surface area contributed by atoms with Crippen LogP contribution in [0.5, 0.6) is 0 Å². The molecule has 1 atom stereocenters. The molecule has 1 saturated heterocycles. The van der Waals surface area contributed by atoms with E-state index in [0.717, 1.165) is 0 Å². The van der Waals surface area contributed by atoms with Crippen molar-refractivity contribution in [1.82, 2.24) is 21.9 Å². The fourth-order valence-corrected chi connectivity index (χ4v) is 0.350. The molecule has 8 heavy (non-hydrogen) atoms. The number of nitrogens with one attached hydrogen (secondary N) is 4. The number of hydrogen-bond donors (Lipinski definition) is 5. The summed E-state index contributed by atoms with van der Waals surface area (Å²) >= 11 is 0. The van der Waals surface area contributed by atoms with Crippen molar-refractivity contribution in [3.8, 4) is 0 Å². The lowest BCUT2D eigenvalue weighted by molar-refractivity contribution is -0.127. The van der Waals surface area contributed by atoms with E-state index in [9.17, 15) is 4.79 Å². The Hall–Kier alpha value is -0.690. The molecule has 6 heteroatoms. The summed E-state index contributed by atoms with van der Waals surface area (Å²) in [5, 5.41) is 0. The van der Waals surface area contributed by atoms with E-state index in [2.05, 4.69) is 21.9 Å². The van der Waals surface area contributed by atoms with Gasteiger partial charge in [-0.1, -0.05) is 0 Å². The molecule has 0 bridgehead atoms. The first-order chi connectivity index (χ1) is 3.80. The van der Waals surface area contributed by atoms with Crippen molar-refractivity contribution in [1.29, 1.82) is 0 Å². The lowest BCUT2D eigenvalue weighted by Gasteiger charge is -2.20. The predicted octanol–water partition coefficient (Wildman–Crippen LogP) is -3.09. The molecule has 0 saturated carbocycles. The van der Waals surface area contributed by atoms with Gasteiger partial charge >= 0.3 is 0 Å². The van der Waals surface area contributed by atoms with Gasteiger partial charge in [0, 0.05) is 0 Å². The van der Waals surface area contributed by atoms with Crippen molar-refractivity contribution in [3.05, 3.63) is 0 Å². The van der Waals surface area contributed by atoms with Gasteiger partial charge in [-0.2, -0.15) is 11.1 Å². The zero-order chi connectivity index (χ0) is 5.98. The maximum atomic E-state index is 10.4. The summed E-state index contributed by atoms with van der Waals surface area (Å²) in [6.07, 6.45) is -0.670. The highest BCUT2D eigenvalue weighted by atomic mass is 16.2. The third-order valence-electron chi connectivity index (χ3n) is 0.758. The van der Waals surface area contributed by atoms with Crippen molar-refractivity contribution < 1.29 is 4.79 Å². The van der Waals surface area contributed by atoms with Gasteiger partial charge in [-0.25, -0.2) is 5.43 Å². The first-order valence-electron chi connectivity index (χ1n) is 2.11. The second-order valence-corrected chi connectivity index (χ2v) is 1.36. The summed E-state index contributed by atoms with van der Waals surface area (Å²) in [6.45, 7) is 0. The highest BCUT2D eigenvalue weighted by Crippen LogP contribution is 1.69. The number of hydrogen-bond acceptors (Lipinski definition) is 5. The molecule has 0 aromatic carbocycles. The fraction of sp³-hybridized carbons (Fsp3) is 0.500. The van der Waals surface area contributed by atoms with Crippen LogP contribution in [-0.2, 0) is 4.79 Å². The second kappa shape index (κ2) is 2.05. The van der Waals surface area contributed by atoms with E-state index >= 15 is 0 Å². The van der Waals surface area contributed by atoms with Crippen LogP contribution < -0.4 is 27.7 Å². The number of amides is 1. The summed E-state index contributed by atoms with van der Waals surface area (Å²) in [6, 6.07) is 0. The Kier molecular flexibility index (Phi) is 1.40. The highest BCUT2D eigenvalue weighted by Gasteiger charge is 2.14.